The summed E-state index contributed by atoms with van der Waals surface area (Å²) >= 11 is 0. The average molecular weight is 226 g/mol. The predicted molar refractivity (Wildman–Crippen MR) is 60.1 cm³/mol. The molecular weight excluding hydrogens is 208 g/mol. The van der Waals surface area contributed by atoms with Crippen LogP contribution in [0, 0.1) is 5.41 Å². The lowest BCUT2D eigenvalue weighted by molar-refractivity contribution is -0.129. The smallest absolute Gasteiger partial charge is 0.314 e. The molecule has 1 atom stereocenters. The third kappa shape index (κ3) is 2.06. The zero-order valence-corrected chi connectivity index (χ0v) is 9.69. The summed E-state index contributed by atoms with van der Waals surface area (Å²) in [7, 11) is 0. The molecule has 0 radical (unpaired) electrons. The van der Waals surface area contributed by atoms with E-state index in [9.17, 15) is 9.59 Å². The van der Waals surface area contributed by atoms with Gasteiger partial charge < -0.3 is 5.73 Å². The first-order chi connectivity index (χ1) is 7.54. The quantitative estimate of drug-likeness (QED) is 0.725. The molecule has 3 amide bonds. The van der Waals surface area contributed by atoms with E-state index in [0.717, 1.165) is 11.3 Å². The van der Waals surface area contributed by atoms with Crippen molar-refractivity contribution in [3.8, 4) is 0 Å². The molecule has 0 spiro atoms. The monoisotopic (exact) mass is 226 g/mol. The number of amides is 3. The highest BCUT2D eigenvalue weighted by molar-refractivity contribution is 6.19. The van der Waals surface area contributed by atoms with E-state index in [0.29, 0.717) is 19.5 Å². The van der Waals surface area contributed by atoms with Gasteiger partial charge in [-0.1, -0.05) is 13.8 Å². The Morgan fingerprint density at radius 1 is 1.19 bits per heavy atom. The van der Waals surface area contributed by atoms with Gasteiger partial charge in [-0.2, -0.15) is 0 Å². The summed E-state index contributed by atoms with van der Waals surface area (Å²) in [6, 6.07) is -1.42. The van der Waals surface area contributed by atoms with Gasteiger partial charge in [0, 0.05) is 13.1 Å². The Morgan fingerprint density at radius 3 is 2.19 bits per heavy atom. The summed E-state index contributed by atoms with van der Waals surface area (Å²) in [4.78, 5) is 26.0. The molecule has 1 fully saturated rings. The zero-order valence-electron chi connectivity index (χ0n) is 9.69. The van der Waals surface area contributed by atoms with Crippen LogP contribution in [0.5, 0.6) is 0 Å². The molecule has 1 heterocycles. The second-order valence-electron chi connectivity index (χ2n) is 3.79. The van der Waals surface area contributed by atoms with E-state index >= 15 is 0 Å². The van der Waals surface area contributed by atoms with Crippen LogP contribution in [0.2, 0.25) is 0 Å². The molecular formula is C10H18N4O2. The van der Waals surface area contributed by atoms with Crippen LogP contribution in [-0.2, 0) is 4.79 Å². The van der Waals surface area contributed by atoms with Gasteiger partial charge in [-0.3, -0.25) is 20.0 Å². The van der Waals surface area contributed by atoms with Crippen LogP contribution in [-0.4, -0.2) is 46.7 Å². The van der Waals surface area contributed by atoms with Gasteiger partial charge in [0.1, 0.15) is 11.9 Å². The highest BCUT2D eigenvalue weighted by Gasteiger charge is 2.40. The molecule has 1 aliphatic rings. The molecule has 1 saturated heterocycles. The van der Waals surface area contributed by atoms with E-state index in [1.165, 1.54) is 4.90 Å². The average Bonchev–Trinajstić information content (AvgIpc) is 2.28. The van der Waals surface area contributed by atoms with E-state index < -0.39 is 18.0 Å². The minimum absolute atomic E-state index is 0.0933. The van der Waals surface area contributed by atoms with E-state index in [-0.39, 0.29) is 5.84 Å². The van der Waals surface area contributed by atoms with Crippen LogP contribution in [0.15, 0.2) is 0 Å². The summed E-state index contributed by atoms with van der Waals surface area (Å²) in [6.07, 6.45) is 1.42. The summed E-state index contributed by atoms with van der Waals surface area (Å²) in [5.41, 5.74) is 5.62. The van der Waals surface area contributed by atoms with E-state index in [1.54, 1.807) is 0 Å². The Balaban J connectivity index is 2.93. The van der Waals surface area contributed by atoms with Gasteiger partial charge in [-0.25, -0.2) is 4.79 Å². The summed E-state index contributed by atoms with van der Waals surface area (Å²) in [6.45, 7) is 4.58. The lowest BCUT2D eigenvalue weighted by Gasteiger charge is -2.37. The number of urea groups is 1. The van der Waals surface area contributed by atoms with Crippen molar-refractivity contribution >= 4 is 17.8 Å². The van der Waals surface area contributed by atoms with Gasteiger partial charge in [0.05, 0.1) is 0 Å². The number of hydrogen-bond donors (Lipinski definition) is 2. The fraction of sp³-hybridized carbons (Fsp3) is 0.700. The fourth-order valence-corrected chi connectivity index (χ4v) is 1.66. The maximum Gasteiger partial charge on any atom is 0.332 e. The van der Waals surface area contributed by atoms with Gasteiger partial charge in [0.25, 0.3) is 5.91 Å². The lowest BCUT2D eigenvalue weighted by Crippen LogP contribution is -2.64. The van der Waals surface area contributed by atoms with Gasteiger partial charge in [0.2, 0.25) is 0 Å². The molecule has 0 aromatic carbocycles. The number of nitrogens with zero attached hydrogens (tertiary/aromatic N) is 2. The molecule has 90 valence electrons. The first kappa shape index (κ1) is 12.6. The Bertz CT molecular complexity index is 288. The van der Waals surface area contributed by atoms with Crippen molar-refractivity contribution in [2.75, 3.05) is 13.1 Å². The second-order valence-corrected chi connectivity index (χ2v) is 3.79. The molecule has 3 N–H and O–H groups in total. The van der Waals surface area contributed by atoms with Crippen molar-refractivity contribution in [3.05, 3.63) is 0 Å². The highest BCUT2D eigenvalue weighted by Crippen LogP contribution is 2.12. The standard InChI is InChI=1S/C10H18N4O2/c1-3-5-13-8(12)7(11)9(15)14(6-4-2)10(13)16/h7,12H,3-6,11H2,1-2H3. The second kappa shape index (κ2) is 5.07. The van der Waals surface area contributed by atoms with Crippen LogP contribution >= 0.6 is 0 Å². The van der Waals surface area contributed by atoms with Crippen LogP contribution in [0.25, 0.3) is 0 Å². The van der Waals surface area contributed by atoms with Crippen LogP contribution in [0.4, 0.5) is 4.79 Å². The molecule has 0 aliphatic carbocycles. The lowest BCUT2D eigenvalue weighted by atomic mass is 10.1. The third-order valence-corrected chi connectivity index (χ3v) is 2.47. The minimum atomic E-state index is -1.00. The van der Waals surface area contributed by atoms with Crippen LogP contribution in [0.1, 0.15) is 26.7 Å². The fourth-order valence-electron chi connectivity index (χ4n) is 1.66. The molecule has 0 aromatic rings. The van der Waals surface area contributed by atoms with Gasteiger partial charge in [-0.15, -0.1) is 0 Å². The van der Waals surface area contributed by atoms with Crippen molar-refractivity contribution in [2.24, 2.45) is 5.73 Å². The number of carbonyl (C=O) groups excluding carboxylic acids is 2. The SMILES string of the molecule is CCCN1C(=N)C(N)C(=O)N(CCC)C1=O. The summed E-state index contributed by atoms with van der Waals surface area (Å²) < 4.78 is 0. The Hall–Kier alpha value is -1.43. The third-order valence-electron chi connectivity index (χ3n) is 2.47. The van der Waals surface area contributed by atoms with E-state index in [1.807, 2.05) is 13.8 Å². The predicted octanol–water partition coefficient (Wildman–Crippen LogP) is 0.375. The molecule has 1 aliphatic heterocycles. The van der Waals surface area contributed by atoms with Crippen molar-refractivity contribution in [3.63, 3.8) is 0 Å². The van der Waals surface area contributed by atoms with E-state index in [2.05, 4.69) is 0 Å². The van der Waals surface area contributed by atoms with Crippen LogP contribution < -0.4 is 5.73 Å². The minimum Gasteiger partial charge on any atom is -0.314 e. The Labute approximate surface area is 94.9 Å². The molecule has 6 heteroatoms. The summed E-state index contributed by atoms with van der Waals surface area (Å²) in [5, 5.41) is 7.67. The number of hydrogen-bond acceptors (Lipinski definition) is 4. The maximum absolute atomic E-state index is 11.9. The molecule has 1 unspecified atom stereocenters. The van der Waals surface area contributed by atoms with Crippen molar-refractivity contribution < 1.29 is 9.59 Å². The molecule has 0 bridgehead atoms. The van der Waals surface area contributed by atoms with Crippen molar-refractivity contribution in [1.29, 1.82) is 5.41 Å². The van der Waals surface area contributed by atoms with Crippen molar-refractivity contribution in [2.45, 2.75) is 32.7 Å². The Morgan fingerprint density at radius 2 is 1.69 bits per heavy atom. The van der Waals surface area contributed by atoms with E-state index in [4.69, 9.17) is 11.1 Å². The largest absolute Gasteiger partial charge is 0.332 e. The molecule has 0 aromatic heterocycles. The number of rotatable bonds is 4. The van der Waals surface area contributed by atoms with Gasteiger partial charge in [0.15, 0.2) is 0 Å². The number of amidine groups is 1. The molecule has 6 nitrogen and oxygen atoms in total. The van der Waals surface area contributed by atoms with Crippen LogP contribution in [0.3, 0.4) is 0 Å². The molecule has 0 saturated carbocycles. The molecule has 16 heavy (non-hydrogen) atoms. The number of carbonyl (C=O) groups is 2. The number of imide groups is 1. The highest BCUT2D eigenvalue weighted by atomic mass is 16.2. The maximum atomic E-state index is 11.9. The van der Waals surface area contributed by atoms with Gasteiger partial charge >= 0.3 is 6.03 Å². The number of nitrogens with one attached hydrogen (secondary N) is 1. The zero-order chi connectivity index (χ0) is 12.3. The number of nitrogens with two attached hydrogens (primary N) is 1. The Kier molecular flexibility index (Phi) is 4.00. The van der Waals surface area contributed by atoms with Gasteiger partial charge in [-0.05, 0) is 12.8 Å². The first-order valence-corrected chi connectivity index (χ1v) is 5.51. The summed E-state index contributed by atoms with van der Waals surface area (Å²) in [5.74, 6) is -0.562. The van der Waals surface area contributed by atoms with Crippen molar-refractivity contribution in [1.82, 2.24) is 9.80 Å². The first-order valence-electron chi connectivity index (χ1n) is 5.51. The normalized spacial score (nSPS) is 21.9. The topological polar surface area (TPSA) is 90.5 Å². The molecule has 1 rings (SSSR count).